The first-order chi connectivity index (χ1) is 6.27. The lowest BCUT2D eigenvalue weighted by molar-refractivity contribution is 0.339. The van der Waals surface area contributed by atoms with Crippen LogP contribution in [0.3, 0.4) is 0 Å². The molecule has 76 valence electrons. The van der Waals surface area contributed by atoms with Gasteiger partial charge in [0.15, 0.2) is 0 Å². The van der Waals surface area contributed by atoms with Gasteiger partial charge in [-0.2, -0.15) is 0 Å². The van der Waals surface area contributed by atoms with Crippen molar-refractivity contribution < 1.29 is 0 Å². The minimum Gasteiger partial charge on any atom is -0.312 e. The first-order valence-corrected chi connectivity index (χ1v) is 5.28. The monoisotopic (exact) mass is 183 g/mol. The van der Waals surface area contributed by atoms with E-state index < -0.39 is 0 Å². The third-order valence-corrected chi connectivity index (χ3v) is 2.88. The Balaban J connectivity index is 2.46. The molecule has 0 spiro atoms. The average Bonchev–Trinajstić information content (AvgIpc) is 2.16. The number of nitrogens with one attached hydrogen (secondary N) is 1. The van der Waals surface area contributed by atoms with Crippen LogP contribution >= 0.6 is 0 Å². The number of rotatable bonds is 2. The fourth-order valence-corrected chi connectivity index (χ4v) is 2.00. The summed E-state index contributed by atoms with van der Waals surface area (Å²) in [6, 6.07) is 0. The van der Waals surface area contributed by atoms with E-state index in [9.17, 15) is 0 Å². The van der Waals surface area contributed by atoms with E-state index in [2.05, 4.69) is 17.3 Å². The van der Waals surface area contributed by atoms with Gasteiger partial charge in [0.2, 0.25) is 0 Å². The highest BCUT2D eigenvalue weighted by atomic mass is 15.3. The molecule has 1 saturated carbocycles. The lowest BCUT2D eigenvalue weighted by Crippen LogP contribution is -2.37. The molecule has 0 amide bonds. The van der Waals surface area contributed by atoms with E-state index in [1.807, 2.05) is 6.92 Å². The second-order valence-corrected chi connectivity index (χ2v) is 3.96. The van der Waals surface area contributed by atoms with Crippen LogP contribution < -0.4 is 11.3 Å². The van der Waals surface area contributed by atoms with Crippen molar-refractivity contribution in [3.8, 4) is 0 Å². The number of hydrogen-bond acceptors (Lipinski definition) is 2. The molecule has 1 fully saturated rings. The molecule has 1 rings (SSSR count). The van der Waals surface area contributed by atoms with Crippen LogP contribution in [0.4, 0.5) is 0 Å². The highest BCUT2D eigenvalue weighted by molar-refractivity contribution is 5.84. The number of nitrogens with zero attached hydrogens (tertiary/aromatic N) is 1. The smallest absolute Gasteiger partial charge is 0.113 e. The van der Waals surface area contributed by atoms with Crippen LogP contribution in [0.25, 0.3) is 0 Å². The van der Waals surface area contributed by atoms with E-state index in [1.54, 1.807) is 0 Å². The van der Waals surface area contributed by atoms with Gasteiger partial charge in [-0.05, 0) is 25.7 Å². The maximum absolute atomic E-state index is 5.44. The highest BCUT2D eigenvalue weighted by Crippen LogP contribution is 2.28. The van der Waals surface area contributed by atoms with Crippen molar-refractivity contribution in [1.29, 1.82) is 0 Å². The standard InChI is InChI=1S/C10H21N3/c1-3-12-10(13-11)9-6-4-8(2)5-7-9/h8-9H,3-7,11H2,1-2H3,(H,12,13). The largest absolute Gasteiger partial charge is 0.312 e. The number of hydrazine groups is 1. The molecule has 1 aliphatic rings. The molecule has 3 N–H and O–H groups in total. The Labute approximate surface area is 80.8 Å². The van der Waals surface area contributed by atoms with Crippen molar-refractivity contribution in [2.45, 2.75) is 39.5 Å². The van der Waals surface area contributed by atoms with Crippen LogP contribution in [0.1, 0.15) is 39.5 Å². The molecular weight excluding hydrogens is 162 g/mol. The van der Waals surface area contributed by atoms with Gasteiger partial charge in [0, 0.05) is 12.5 Å². The Hall–Kier alpha value is -0.570. The molecule has 0 bridgehead atoms. The Bertz CT molecular complexity index is 169. The molecular formula is C10H21N3. The lowest BCUT2D eigenvalue weighted by atomic mass is 9.82. The van der Waals surface area contributed by atoms with Crippen LogP contribution in [-0.4, -0.2) is 12.4 Å². The lowest BCUT2D eigenvalue weighted by Gasteiger charge is -2.26. The maximum Gasteiger partial charge on any atom is 0.113 e. The maximum atomic E-state index is 5.44. The summed E-state index contributed by atoms with van der Waals surface area (Å²) in [4.78, 5) is 4.37. The molecule has 0 atom stereocenters. The molecule has 0 aromatic rings. The molecule has 0 radical (unpaired) electrons. The van der Waals surface area contributed by atoms with E-state index in [1.165, 1.54) is 25.7 Å². The minimum atomic E-state index is 0.584. The van der Waals surface area contributed by atoms with Crippen LogP contribution in [0.2, 0.25) is 0 Å². The summed E-state index contributed by atoms with van der Waals surface area (Å²) in [5, 5.41) is 0. The summed E-state index contributed by atoms with van der Waals surface area (Å²) >= 11 is 0. The average molecular weight is 183 g/mol. The quantitative estimate of drug-likeness (QED) is 0.296. The second-order valence-electron chi connectivity index (χ2n) is 3.96. The summed E-state index contributed by atoms with van der Waals surface area (Å²) < 4.78 is 0. The molecule has 3 heteroatoms. The van der Waals surface area contributed by atoms with Gasteiger partial charge in [-0.1, -0.05) is 19.8 Å². The molecule has 0 saturated heterocycles. The first-order valence-electron chi connectivity index (χ1n) is 5.28. The topological polar surface area (TPSA) is 50.4 Å². The zero-order valence-corrected chi connectivity index (χ0v) is 8.71. The van der Waals surface area contributed by atoms with Gasteiger partial charge in [-0.15, -0.1) is 0 Å². The van der Waals surface area contributed by atoms with E-state index in [0.717, 1.165) is 18.3 Å². The third-order valence-electron chi connectivity index (χ3n) is 2.88. The second kappa shape index (κ2) is 5.22. The SMILES string of the molecule is CCN=C(NN)C1CCC(C)CC1. The molecule has 0 aromatic heterocycles. The molecule has 0 heterocycles. The van der Waals surface area contributed by atoms with E-state index in [0.29, 0.717) is 5.92 Å². The molecule has 0 aromatic carbocycles. The Kier molecular flexibility index (Phi) is 4.22. The Morgan fingerprint density at radius 1 is 1.38 bits per heavy atom. The minimum absolute atomic E-state index is 0.584. The molecule has 0 unspecified atom stereocenters. The predicted octanol–water partition coefficient (Wildman–Crippen LogP) is 1.69. The van der Waals surface area contributed by atoms with Gasteiger partial charge >= 0.3 is 0 Å². The zero-order valence-electron chi connectivity index (χ0n) is 8.71. The van der Waals surface area contributed by atoms with Crippen molar-refractivity contribution in [3.05, 3.63) is 0 Å². The summed E-state index contributed by atoms with van der Waals surface area (Å²) in [5.41, 5.74) is 2.74. The van der Waals surface area contributed by atoms with E-state index >= 15 is 0 Å². The van der Waals surface area contributed by atoms with Crippen molar-refractivity contribution in [1.82, 2.24) is 5.43 Å². The Morgan fingerprint density at radius 2 is 2.00 bits per heavy atom. The zero-order chi connectivity index (χ0) is 9.68. The number of nitrogens with two attached hydrogens (primary N) is 1. The van der Waals surface area contributed by atoms with Gasteiger partial charge in [-0.3, -0.25) is 4.99 Å². The Morgan fingerprint density at radius 3 is 2.46 bits per heavy atom. The summed E-state index contributed by atoms with van der Waals surface area (Å²) in [5.74, 6) is 7.92. The molecule has 0 aliphatic heterocycles. The fourth-order valence-electron chi connectivity index (χ4n) is 2.00. The summed E-state index contributed by atoms with van der Waals surface area (Å²) in [6.07, 6.45) is 5.11. The van der Waals surface area contributed by atoms with Gasteiger partial charge in [0.25, 0.3) is 0 Å². The van der Waals surface area contributed by atoms with Crippen molar-refractivity contribution in [2.24, 2.45) is 22.7 Å². The summed E-state index contributed by atoms with van der Waals surface area (Å²) in [6.45, 7) is 5.19. The van der Waals surface area contributed by atoms with Crippen LogP contribution in [-0.2, 0) is 0 Å². The third kappa shape index (κ3) is 2.99. The number of aliphatic imine (C=N–C) groups is 1. The number of amidine groups is 1. The van der Waals surface area contributed by atoms with Gasteiger partial charge in [0.05, 0.1) is 0 Å². The summed E-state index contributed by atoms with van der Waals surface area (Å²) in [7, 11) is 0. The van der Waals surface area contributed by atoms with Crippen molar-refractivity contribution >= 4 is 5.84 Å². The normalized spacial score (nSPS) is 30.2. The van der Waals surface area contributed by atoms with E-state index in [-0.39, 0.29) is 0 Å². The molecule has 3 nitrogen and oxygen atoms in total. The van der Waals surface area contributed by atoms with Crippen LogP contribution in [0.5, 0.6) is 0 Å². The molecule has 1 aliphatic carbocycles. The van der Waals surface area contributed by atoms with Crippen molar-refractivity contribution in [2.75, 3.05) is 6.54 Å². The van der Waals surface area contributed by atoms with Gasteiger partial charge in [-0.25, -0.2) is 5.84 Å². The number of hydrogen-bond donors (Lipinski definition) is 2. The first kappa shape index (κ1) is 10.5. The molecule has 13 heavy (non-hydrogen) atoms. The van der Waals surface area contributed by atoms with E-state index in [4.69, 9.17) is 5.84 Å². The van der Waals surface area contributed by atoms with Gasteiger partial charge in [0.1, 0.15) is 5.84 Å². The van der Waals surface area contributed by atoms with Crippen LogP contribution in [0.15, 0.2) is 4.99 Å². The highest BCUT2D eigenvalue weighted by Gasteiger charge is 2.21. The van der Waals surface area contributed by atoms with Gasteiger partial charge < -0.3 is 5.43 Å². The van der Waals surface area contributed by atoms with Crippen molar-refractivity contribution in [3.63, 3.8) is 0 Å². The fraction of sp³-hybridized carbons (Fsp3) is 0.900. The predicted molar refractivity (Wildman–Crippen MR) is 56.4 cm³/mol. The van der Waals surface area contributed by atoms with Crippen LogP contribution in [0, 0.1) is 11.8 Å².